The van der Waals surface area contributed by atoms with Gasteiger partial charge in [0.2, 0.25) is 0 Å². The molecule has 0 aliphatic rings. The van der Waals surface area contributed by atoms with Crippen molar-refractivity contribution in [1.29, 1.82) is 0 Å². The zero-order chi connectivity index (χ0) is 13.5. The molecule has 2 aromatic carbocycles. The lowest BCUT2D eigenvalue weighted by molar-refractivity contribution is 0.435. The van der Waals surface area contributed by atoms with Crippen molar-refractivity contribution in [2.75, 3.05) is 6.54 Å². The summed E-state index contributed by atoms with van der Waals surface area (Å²) < 4.78 is 19.2. The maximum absolute atomic E-state index is 13.6. The van der Waals surface area contributed by atoms with Crippen molar-refractivity contribution in [1.82, 2.24) is 5.32 Å². The van der Waals surface area contributed by atoms with Crippen molar-refractivity contribution in [3.63, 3.8) is 0 Å². The van der Waals surface area contributed by atoms with E-state index in [4.69, 9.17) is 4.74 Å². The van der Waals surface area contributed by atoms with E-state index in [1.54, 1.807) is 18.2 Å². The molecule has 0 fully saturated rings. The van der Waals surface area contributed by atoms with Crippen LogP contribution in [-0.4, -0.2) is 6.54 Å². The molecular formula is C16H18FNO. The van der Waals surface area contributed by atoms with Gasteiger partial charge in [-0.2, -0.15) is 0 Å². The summed E-state index contributed by atoms with van der Waals surface area (Å²) in [5.41, 5.74) is 1.03. The van der Waals surface area contributed by atoms with Crippen LogP contribution < -0.4 is 10.1 Å². The SMILES string of the molecule is CCCNCc1ccccc1Oc1ccccc1F. The molecule has 0 amide bonds. The van der Waals surface area contributed by atoms with Gasteiger partial charge in [-0.3, -0.25) is 0 Å². The highest BCUT2D eigenvalue weighted by atomic mass is 19.1. The highest BCUT2D eigenvalue weighted by Gasteiger charge is 2.07. The molecule has 0 aliphatic carbocycles. The molecule has 2 nitrogen and oxygen atoms in total. The van der Waals surface area contributed by atoms with Gasteiger partial charge in [0, 0.05) is 12.1 Å². The predicted octanol–water partition coefficient (Wildman–Crippen LogP) is 4.12. The molecule has 3 heteroatoms. The second-order valence-corrected chi connectivity index (χ2v) is 4.32. The highest BCUT2D eigenvalue weighted by molar-refractivity contribution is 5.38. The van der Waals surface area contributed by atoms with Crippen molar-refractivity contribution in [3.8, 4) is 11.5 Å². The molecule has 0 aromatic heterocycles. The van der Waals surface area contributed by atoms with Crippen LogP contribution in [0, 0.1) is 5.82 Å². The minimum atomic E-state index is -0.348. The van der Waals surface area contributed by atoms with E-state index in [0.717, 1.165) is 25.1 Å². The second kappa shape index (κ2) is 6.90. The molecule has 0 heterocycles. The van der Waals surface area contributed by atoms with Gasteiger partial charge in [-0.15, -0.1) is 0 Å². The molecule has 0 saturated carbocycles. The number of benzene rings is 2. The topological polar surface area (TPSA) is 21.3 Å². The van der Waals surface area contributed by atoms with Crippen molar-refractivity contribution in [2.24, 2.45) is 0 Å². The highest BCUT2D eigenvalue weighted by Crippen LogP contribution is 2.27. The molecule has 0 bridgehead atoms. The third-order valence-electron chi connectivity index (χ3n) is 2.77. The van der Waals surface area contributed by atoms with Crippen molar-refractivity contribution in [2.45, 2.75) is 19.9 Å². The first-order valence-corrected chi connectivity index (χ1v) is 6.52. The van der Waals surface area contributed by atoms with Gasteiger partial charge in [-0.1, -0.05) is 37.3 Å². The summed E-state index contributed by atoms with van der Waals surface area (Å²) in [4.78, 5) is 0. The van der Waals surface area contributed by atoms with Crippen molar-refractivity contribution in [3.05, 3.63) is 59.9 Å². The Labute approximate surface area is 113 Å². The minimum absolute atomic E-state index is 0.255. The number of halogens is 1. The third-order valence-corrected chi connectivity index (χ3v) is 2.77. The molecule has 100 valence electrons. The zero-order valence-corrected chi connectivity index (χ0v) is 11.0. The normalized spacial score (nSPS) is 10.4. The Kier molecular flexibility index (Phi) is 4.93. The fraction of sp³-hybridized carbons (Fsp3) is 0.250. The molecule has 0 saturated heterocycles. The van der Waals surface area contributed by atoms with Crippen LogP contribution in [0.4, 0.5) is 4.39 Å². The Bertz CT molecular complexity index is 528. The second-order valence-electron chi connectivity index (χ2n) is 4.32. The fourth-order valence-corrected chi connectivity index (χ4v) is 1.80. The Morgan fingerprint density at radius 1 is 1.00 bits per heavy atom. The van der Waals surface area contributed by atoms with E-state index in [0.29, 0.717) is 5.75 Å². The van der Waals surface area contributed by atoms with Gasteiger partial charge in [-0.05, 0) is 31.2 Å². The maximum atomic E-state index is 13.6. The Balaban J connectivity index is 2.13. The van der Waals surface area contributed by atoms with E-state index < -0.39 is 0 Å². The van der Waals surface area contributed by atoms with Gasteiger partial charge in [-0.25, -0.2) is 4.39 Å². The van der Waals surface area contributed by atoms with Gasteiger partial charge in [0.15, 0.2) is 11.6 Å². The Hall–Kier alpha value is -1.87. The molecule has 0 unspecified atom stereocenters. The number of rotatable bonds is 6. The lowest BCUT2D eigenvalue weighted by Gasteiger charge is -2.12. The van der Waals surface area contributed by atoms with Crippen LogP contribution in [0.25, 0.3) is 0 Å². The summed E-state index contributed by atoms with van der Waals surface area (Å²) in [5, 5.41) is 3.32. The monoisotopic (exact) mass is 259 g/mol. The number of hydrogen-bond acceptors (Lipinski definition) is 2. The Morgan fingerprint density at radius 3 is 2.42 bits per heavy atom. The molecule has 0 aliphatic heterocycles. The summed E-state index contributed by atoms with van der Waals surface area (Å²) in [6.45, 7) is 3.79. The fourth-order valence-electron chi connectivity index (χ4n) is 1.80. The summed E-state index contributed by atoms with van der Waals surface area (Å²) in [6, 6.07) is 14.1. The molecule has 0 atom stereocenters. The van der Waals surface area contributed by atoms with Crippen molar-refractivity contribution >= 4 is 0 Å². The summed E-state index contributed by atoms with van der Waals surface area (Å²) in [7, 11) is 0. The average molecular weight is 259 g/mol. The molecule has 0 radical (unpaired) electrons. The van der Waals surface area contributed by atoms with Crippen LogP contribution in [0.15, 0.2) is 48.5 Å². The zero-order valence-electron chi connectivity index (χ0n) is 11.0. The van der Waals surface area contributed by atoms with Crippen LogP contribution >= 0.6 is 0 Å². The molecular weight excluding hydrogens is 241 g/mol. The molecule has 19 heavy (non-hydrogen) atoms. The van der Waals surface area contributed by atoms with Crippen molar-refractivity contribution < 1.29 is 9.13 Å². The van der Waals surface area contributed by atoms with Gasteiger partial charge in [0.05, 0.1) is 0 Å². The molecule has 0 spiro atoms. The predicted molar refractivity (Wildman–Crippen MR) is 74.9 cm³/mol. The first-order chi connectivity index (χ1) is 9.31. The van der Waals surface area contributed by atoms with Crippen LogP contribution in [0.5, 0.6) is 11.5 Å². The van der Waals surface area contributed by atoms with Crippen LogP contribution in [0.3, 0.4) is 0 Å². The van der Waals surface area contributed by atoms with Gasteiger partial charge >= 0.3 is 0 Å². The summed E-state index contributed by atoms with van der Waals surface area (Å²) in [5.74, 6) is 0.598. The molecule has 1 N–H and O–H groups in total. The molecule has 2 aromatic rings. The Morgan fingerprint density at radius 2 is 1.68 bits per heavy atom. The number of para-hydroxylation sites is 2. The maximum Gasteiger partial charge on any atom is 0.165 e. The molecule has 2 rings (SSSR count). The smallest absolute Gasteiger partial charge is 0.165 e. The summed E-state index contributed by atoms with van der Waals surface area (Å²) >= 11 is 0. The lowest BCUT2D eigenvalue weighted by atomic mass is 10.2. The third kappa shape index (κ3) is 3.80. The number of nitrogens with one attached hydrogen (secondary N) is 1. The van der Waals surface area contributed by atoms with Crippen LogP contribution in [0.1, 0.15) is 18.9 Å². The van der Waals surface area contributed by atoms with E-state index in [1.165, 1.54) is 6.07 Å². The van der Waals surface area contributed by atoms with Crippen LogP contribution in [0.2, 0.25) is 0 Å². The number of hydrogen-bond donors (Lipinski definition) is 1. The summed E-state index contributed by atoms with van der Waals surface area (Å²) in [6.07, 6.45) is 1.08. The van der Waals surface area contributed by atoms with Gasteiger partial charge in [0.1, 0.15) is 5.75 Å². The van der Waals surface area contributed by atoms with E-state index in [9.17, 15) is 4.39 Å². The largest absolute Gasteiger partial charge is 0.454 e. The first-order valence-electron chi connectivity index (χ1n) is 6.52. The standard InChI is InChI=1S/C16H18FNO/c1-2-11-18-12-13-7-3-5-9-15(13)19-16-10-6-4-8-14(16)17/h3-10,18H,2,11-12H2,1H3. The lowest BCUT2D eigenvalue weighted by Crippen LogP contribution is -2.14. The van der Waals surface area contributed by atoms with E-state index in [-0.39, 0.29) is 11.6 Å². The van der Waals surface area contributed by atoms with E-state index in [1.807, 2.05) is 24.3 Å². The number of ether oxygens (including phenoxy) is 1. The minimum Gasteiger partial charge on any atom is -0.454 e. The average Bonchev–Trinajstić information content (AvgIpc) is 2.43. The quantitative estimate of drug-likeness (QED) is 0.788. The van der Waals surface area contributed by atoms with Gasteiger partial charge < -0.3 is 10.1 Å². The van der Waals surface area contributed by atoms with Crippen LogP contribution in [-0.2, 0) is 6.54 Å². The van der Waals surface area contributed by atoms with E-state index >= 15 is 0 Å². The van der Waals surface area contributed by atoms with Gasteiger partial charge in [0.25, 0.3) is 0 Å². The first kappa shape index (κ1) is 13.6. The van der Waals surface area contributed by atoms with E-state index in [2.05, 4.69) is 12.2 Å².